The molecule has 1 aromatic carbocycles. The van der Waals surface area contributed by atoms with Crippen LogP contribution in [0.25, 0.3) is 0 Å². The van der Waals surface area contributed by atoms with Crippen LogP contribution in [0.5, 0.6) is 5.75 Å². The summed E-state index contributed by atoms with van der Waals surface area (Å²) in [7, 11) is 1.66. The van der Waals surface area contributed by atoms with Gasteiger partial charge in [0.15, 0.2) is 0 Å². The smallest absolute Gasteiger partial charge is 0.233 e. The Morgan fingerprint density at radius 1 is 1.40 bits per heavy atom. The maximum absolute atomic E-state index is 12.1. The highest BCUT2D eigenvalue weighted by molar-refractivity contribution is 8.00. The van der Waals surface area contributed by atoms with E-state index in [2.05, 4.69) is 0 Å². The molecule has 4 nitrogen and oxygen atoms in total. The third-order valence-corrected chi connectivity index (χ3v) is 5.05. The van der Waals surface area contributed by atoms with E-state index < -0.39 is 0 Å². The quantitative estimate of drug-likeness (QED) is 0.855. The average Bonchev–Trinajstić information content (AvgIpc) is 3.11. The van der Waals surface area contributed by atoms with E-state index in [0.717, 1.165) is 30.8 Å². The van der Waals surface area contributed by atoms with Gasteiger partial charge in [-0.15, -0.1) is 11.8 Å². The number of amides is 1. The van der Waals surface area contributed by atoms with E-state index in [1.807, 2.05) is 29.2 Å². The fourth-order valence-corrected chi connectivity index (χ4v) is 3.90. The first-order chi connectivity index (χ1) is 9.78. The molecule has 2 heterocycles. The SMILES string of the molecule is COc1ccc([C@H]2SCC(=O)N2C[C@@H]2CCCO2)cc1. The summed E-state index contributed by atoms with van der Waals surface area (Å²) in [6, 6.07) is 7.97. The van der Waals surface area contributed by atoms with Crippen LogP contribution >= 0.6 is 11.8 Å². The van der Waals surface area contributed by atoms with Gasteiger partial charge in [-0.05, 0) is 30.5 Å². The standard InChI is InChI=1S/C15H19NO3S/c1-18-12-6-4-11(5-7-12)15-16(14(17)10-20-15)9-13-3-2-8-19-13/h4-7,13,15H,2-3,8-10H2,1H3/t13-,15+/m0/s1. The van der Waals surface area contributed by atoms with Gasteiger partial charge in [-0.25, -0.2) is 0 Å². The fourth-order valence-electron chi connectivity index (χ4n) is 2.70. The highest BCUT2D eigenvalue weighted by atomic mass is 32.2. The first-order valence-electron chi connectivity index (χ1n) is 6.94. The zero-order valence-electron chi connectivity index (χ0n) is 11.6. The number of hydrogen-bond acceptors (Lipinski definition) is 4. The molecule has 0 unspecified atom stereocenters. The summed E-state index contributed by atoms with van der Waals surface area (Å²) >= 11 is 1.69. The Morgan fingerprint density at radius 2 is 2.20 bits per heavy atom. The maximum atomic E-state index is 12.1. The van der Waals surface area contributed by atoms with E-state index in [1.165, 1.54) is 0 Å². The predicted molar refractivity (Wildman–Crippen MR) is 78.9 cm³/mol. The molecule has 2 aliphatic heterocycles. The summed E-state index contributed by atoms with van der Waals surface area (Å²) in [6.07, 6.45) is 2.37. The number of carbonyl (C=O) groups excluding carboxylic acids is 1. The van der Waals surface area contributed by atoms with Crippen LogP contribution in [0.15, 0.2) is 24.3 Å². The number of carbonyl (C=O) groups is 1. The lowest BCUT2D eigenvalue weighted by Gasteiger charge is -2.26. The van der Waals surface area contributed by atoms with Crippen molar-refractivity contribution in [1.82, 2.24) is 4.90 Å². The van der Waals surface area contributed by atoms with Crippen molar-refractivity contribution in [2.24, 2.45) is 0 Å². The molecule has 2 atom stereocenters. The molecule has 0 aromatic heterocycles. The monoisotopic (exact) mass is 293 g/mol. The van der Waals surface area contributed by atoms with Crippen molar-refractivity contribution >= 4 is 17.7 Å². The van der Waals surface area contributed by atoms with Gasteiger partial charge in [0.25, 0.3) is 0 Å². The van der Waals surface area contributed by atoms with Crippen LogP contribution in [-0.4, -0.2) is 42.9 Å². The van der Waals surface area contributed by atoms with Crippen LogP contribution in [0.4, 0.5) is 0 Å². The first-order valence-corrected chi connectivity index (χ1v) is 7.99. The summed E-state index contributed by atoms with van der Waals surface area (Å²) in [4.78, 5) is 14.1. The lowest BCUT2D eigenvalue weighted by molar-refractivity contribution is -0.129. The molecule has 5 heteroatoms. The van der Waals surface area contributed by atoms with Crippen LogP contribution < -0.4 is 4.74 Å². The Morgan fingerprint density at radius 3 is 2.85 bits per heavy atom. The lowest BCUT2D eigenvalue weighted by atomic mass is 10.1. The number of methoxy groups -OCH3 is 1. The zero-order valence-corrected chi connectivity index (χ0v) is 12.4. The predicted octanol–water partition coefficient (Wildman–Crippen LogP) is 2.45. The molecule has 0 spiro atoms. The van der Waals surface area contributed by atoms with Crippen molar-refractivity contribution in [1.29, 1.82) is 0 Å². The Bertz CT molecular complexity index is 471. The summed E-state index contributed by atoms with van der Waals surface area (Å²) in [6.45, 7) is 1.54. The minimum Gasteiger partial charge on any atom is -0.497 e. The normalized spacial score (nSPS) is 26.2. The molecule has 0 aliphatic carbocycles. The summed E-state index contributed by atoms with van der Waals surface area (Å²) < 4.78 is 10.8. The van der Waals surface area contributed by atoms with Crippen molar-refractivity contribution in [3.63, 3.8) is 0 Å². The molecule has 1 aromatic rings. The fraction of sp³-hybridized carbons (Fsp3) is 0.533. The molecule has 3 rings (SSSR count). The van der Waals surface area contributed by atoms with Crippen LogP contribution in [0, 0.1) is 0 Å². The molecule has 20 heavy (non-hydrogen) atoms. The Balaban J connectivity index is 1.74. The minimum absolute atomic E-state index is 0.109. The van der Waals surface area contributed by atoms with Gasteiger partial charge in [-0.2, -0.15) is 0 Å². The topological polar surface area (TPSA) is 38.8 Å². The molecule has 0 radical (unpaired) electrons. The van der Waals surface area contributed by atoms with Gasteiger partial charge < -0.3 is 14.4 Å². The van der Waals surface area contributed by atoms with E-state index >= 15 is 0 Å². The largest absolute Gasteiger partial charge is 0.497 e. The van der Waals surface area contributed by atoms with Crippen molar-refractivity contribution in [2.45, 2.75) is 24.3 Å². The molecule has 2 fully saturated rings. The van der Waals surface area contributed by atoms with Gasteiger partial charge >= 0.3 is 0 Å². The van der Waals surface area contributed by atoms with Crippen LogP contribution in [0.1, 0.15) is 23.8 Å². The van der Waals surface area contributed by atoms with E-state index in [0.29, 0.717) is 12.3 Å². The van der Waals surface area contributed by atoms with Gasteiger partial charge in [-0.1, -0.05) is 12.1 Å². The second-order valence-corrected chi connectivity index (χ2v) is 6.19. The minimum atomic E-state index is 0.109. The van der Waals surface area contributed by atoms with Crippen LogP contribution in [-0.2, 0) is 9.53 Å². The molecular weight excluding hydrogens is 274 g/mol. The molecule has 0 saturated carbocycles. The lowest BCUT2D eigenvalue weighted by Crippen LogP contribution is -2.35. The number of rotatable bonds is 4. The number of nitrogens with zero attached hydrogens (tertiary/aromatic N) is 1. The molecule has 0 N–H and O–H groups in total. The van der Waals surface area contributed by atoms with Gasteiger partial charge in [0.05, 0.1) is 19.0 Å². The van der Waals surface area contributed by atoms with Crippen molar-refractivity contribution < 1.29 is 14.3 Å². The zero-order chi connectivity index (χ0) is 13.9. The van der Waals surface area contributed by atoms with Crippen molar-refractivity contribution in [3.05, 3.63) is 29.8 Å². The van der Waals surface area contributed by atoms with E-state index in [4.69, 9.17) is 9.47 Å². The van der Waals surface area contributed by atoms with Crippen molar-refractivity contribution in [2.75, 3.05) is 26.0 Å². The Labute approximate surface area is 123 Å². The average molecular weight is 293 g/mol. The first kappa shape index (κ1) is 13.8. The van der Waals surface area contributed by atoms with Crippen molar-refractivity contribution in [3.8, 4) is 5.75 Å². The number of hydrogen-bond donors (Lipinski definition) is 0. The number of ether oxygens (including phenoxy) is 2. The summed E-state index contributed by atoms with van der Waals surface area (Å²) in [5, 5.41) is 0.109. The van der Waals surface area contributed by atoms with Crippen LogP contribution in [0.2, 0.25) is 0 Å². The molecule has 0 bridgehead atoms. The summed E-state index contributed by atoms with van der Waals surface area (Å²) in [5.74, 6) is 1.61. The van der Waals surface area contributed by atoms with Gasteiger partial charge in [0.2, 0.25) is 5.91 Å². The van der Waals surface area contributed by atoms with Gasteiger partial charge in [-0.3, -0.25) is 4.79 Å². The molecule has 2 saturated heterocycles. The third-order valence-electron chi connectivity index (χ3n) is 3.79. The van der Waals surface area contributed by atoms with E-state index in [1.54, 1.807) is 18.9 Å². The highest BCUT2D eigenvalue weighted by Crippen LogP contribution is 2.39. The molecule has 1 amide bonds. The van der Waals surface area contributed by atoms with Gasteiger partial charge in [0, 0.05) is 13.2 Å². The molecular formula is C15H19NO3S. The van der Waals surface area contributed by atoms with E-state index in [9.17, 15) is 4.79 Å². The second-order valence-electron chi connectivity index (χ2n) is 5.12. The third kappa shape index (κ3) is 2.79. The molecule has 2 aliphatic rings. The van der Waals surface area contributed by atoms with Crippen LogP contribution in [0.3, 0.4) is 0 Å². The number of benzene rings is 1. The highest BCUT2D eigenvalue weighted by Gasteiger charge is 2.35. The summed E-state index contributed by atoms with van der Waals surface area (Å²) in [5.41, 5.74) is 1.15. The van der Waals surface area contributed by atoms with Gasteiger partial charge in [0.1, 0.15) is 11.1 Å². The Kier molecular flexibility index (Phi) is 4.17. The maximum Gasteiger partial charge on any atom is 0.233 e. The van der Waals surface area contributed by atoms with E-state index in [-0.39, 0.29) is 17.4 Å². The molecule has 108 valence electrons. The number of thioether (sulfide) groups is 1. The second kappa shape index (κ2) is 6.06. The Hall–Kier alpha value is -1.20.